The highest BCUT2D eigenvalue weighted by atomic mass is 16.5. The third-order valence-corrected chi connectivity index (χ3v) is 8.42. The number of quaternary nitrogens is 1. The van der Waals surface area contributed by atoms with Crippen LogP contribution < -0.4 is 15.0 Å². The Bertz CT molecular complexity index is 794. The van der Waals surface area contributed by atoms with E-state index in [1.165, 1.54) is 24.9 Å². The molecule has 5 heteroatoms. The van der Waals surface area contributed by atoms with Gasteiger partial charge < -0.3 is 25.2 Å². The number of rotatable bonds is 4. The van der Waals surface area contributed by atoms with E-state index in [-0.39, 0.29) is 29.4 Å². The summed E-state index contributed by atoms with van der Waals surface area (Å²) in [5.41, 5.74) is 1.35. The molecule has 1 spiro atoms. The summed E-state index contributed by atoms with van der Waals surface area (Å²) in [6.45, 7) is 5.36. The summed E-state index contributed by atoms with van der Waals surface area (Å²) in [4.78, 5) is 1.61. The van der Waals surface area contributed by atoms with E-state index < -0.39 is 5.60 Å². The molecule has 1 saturated heterocycles. The molecule has 0 radical (unpaired) electrons. The quantitative estimate of drug-likeness (QED) is 0.623. The zero-order chi connectivity index (χ0) is 18.4. The molecule has 1 aromatic rings. The van der Waals surface area contributed by atoms with E-state index in [1.54, 1.807) is 11.0 Å². The second-order valence-corrected chi connectivity index (χ2v) is 9.65. The molecule has 2 aliphatic heterocycles. The lowest BCUT2D eigenvalue weighted by molar-refractivity contribution is -0.944. The Morgan fingerprint density at radius 3 is 2.89 bits per heavy atom. The Morgan fingerprint density at radius 2 is 2.11 bits per heavy atom. The van der Waals surface area contributed by atoms with Crippen LogP contribution in [0.4, 0.5) is 0 Å². The van der Waals surface area contributed by atoms with Crippen molar-refractivity contribution in [3.8, 4) is 11.5 Å². The number of hydrogen-bond donors (Lipinski definition) is 4. The molecule has 2 saturated carbocycles. The number of hydrogen-bond acceptors (Lipinski definition) is 4. The van der Waals surface area contributed by atoms with Crippen molar-refractivity contribution in [2.24, 2.45) is 5.92 Å². The molecule has 2 heterocycles. The van der Waals surface area contributed by atoms with Crippen molar-refractivity contribution in [2.45, 2.75) is 74.7 Å². The molecule has 0 amide bonds. The summed E-state index contributed by atoms with van der Waals surface area (Å²) in [6.07, 6.45) is 6.28. The molecule has 3 fully saturated rings. The fraction of sp³-hybridized carbons (Fsp3) is 0.727. The maximum atomic E-state index is 12.3. The smallest absolute Gasteiger partial charge is 0.165 e. The molecule has 27 heavy (non-hydrogen) atoms. The van der Waals surface area contributed by atoms with Gasteiger partial charge in [-0.3, -0.25) is 0 Å². The van der Waals surface area contributed by atoms with Gasteiger partial charge in [0.2, 0.25) is 0 Å². The number of ether oxygens (including phenoxy) is 1. The molecule has 6 rings (SSSR count). The lowest BCUT2D eigenvalue weighted by Crippen LogP contribution is -3.21. The zero-order valence-electron chi connectivity index (χ0n) is 16.1. The van der Waals surface area contributed by atoms with Crippen molar-refractivity contribution in [3.05, 3.63) is 23.3 Å². The first-order valence-corrected chi connectivity index (χ1v) is 10.9. The normalized spacial score (nSPS) is 43.9. The van der Waals surface area contributed by atoms with E-state index >= 15 is 0 Å². The molecule has 5 aliphatic rings. The van der Waals surface area contributed by atoms with Crippen molar-refractivity contribution >= 4 is 0 Å². The third-order valence-electron chi connectivity index (χ3n) is 8.42. The van der Waals surface area contributed by atoms with E-state index in [0.29, 0.717) is 5.75 Å². The molecule has 6 atom stereocenters. The summed E-state index contributed by atoms with van der Waals surface area (Å²) in [5, 5.41) is 26.5. The van der Waals surface area contributed by atoms with Crippen LogP contribution in [0.5, 0.6) is 11.5 Å². The highest BCUT2D eigenvalue weighted by Crippen LogP contribution is 2.63. The van der Waals surface area contributed by atoms with Gasteiger partial charge in [-0.2, -0.15) is 0 Å². The number of piperidine rings is 1. The first-order valence-electron chi connectivity index (χ1n) is 10.9. The van der Waals surface area contributed by atoms with Crippen LogP contribution in [0.2, 0.25) is 0 Å². The summed E-state index contributed by atoms with van der Waals surface area (Å²) < 4.78 is 6.49. The monoisotopic (exact) mass is 371 g/mol. The summed E-state index contributed by atoms with van der Waals surface area (Å²) in [5.74, 6) is 1.76. The second kappa shape index (κ2) is 5.40. The van der Waals surface area contributed by atoms with Gasteiger partial charge in [0.05, 0.1) is 18.5 Å². The largest absolute Gasteiger partial charge is 0.504 e. The van der Waals surface area contributed by atoms with Gasteiger partial charge in [-0.1, -0.05) is 13.0 Å². The minimum absolute atomic E-state index is 0.0801. The second-order valence-electron chi connectivity index (χ2n) is 9.65. The molecular weight excluding hydrogens is 340 g/mol. The Balaban J connectivity index is 1.53. The third kappa shape index (κ3) is 1.95. The number of aliphatic hydroxyl groups is 1. The molecule has 5 nitrogen and oxygen atoms in total. The number of nitrogens with one attached hydrogen (secondary N) is 2. The van der Waals surface area contributed by atoms with Crippen molar-refractivity contribution < 1.29 is 19.8 Å². The van der Waals surface area contributed by atoms with Crippen LogP contribution in [0.3, 0.4) is 0 Å². The van der Waals surface area contributed by atoms with Crippen LogP contribution in [0.25, 0.3) is 0 Å². The van der Waals surface area contributed by atoms with E-state index in [4.69, 9.17) is 4.74 Å². The molecule has 2 bridgehead atoms. The standard InChI is InChI=1S/C22H30N2O3/c1-2-23-15-7-8-22(26)17-11-14-5-6-16(25)19-18(14)21(22,20(15)27-19)9-10-24(17)12-13-3-4-13/h5-6,13,15,17,20,23,25-26H,2-4,7-12H2,1H3/p+1/t15-,17-,20+,21+,22-/m1/s1. The number of phenolic OH excluding ortho intramolecular Hbond substituents is 1. The van der Waals surface area contributed by atoms with E-state index in [1.807, 2.05) is 0 Å². The Kier molecular flexibility index (Phi) is 3.33. The van der Waals surface area contributed by atoms with Crippen LogP contribution in [0.15, 0.2) is 12.1 Å². The van der Waals surface area contributed by atoms with Gasteiger partial charge in [0.1, 0.15) is 17.7 Å². The molecule has 4 N–H and O–H groups in total. The fourth-order valence-electron chi connectivity index (χ4n) is 7.18. The van der Waals surface area contributed by atoms with Crippen LogP contribution >= 0.6 is 0 Å². The number of aromatic hydroxyl groups is 1. The number of likely N-dealkylation sites (tertiary alicyclic amines) is 1. The van der Waals surface area contributed by atoms with Gasteiger partial charge in [0.15, 0.2) is 11.5 Å². The minimum Gasteiger partial charge on any atom is -0.504 e. The summed E-state index contributed by atoms with van der Waals surface area (Å²) >= 11 is 0. The van der Waals surface area contributed by atoms with Gasteiger partial charge in [0.25, 0.3) is 0 Å². The molecule has 1 unspecified atom stereocenters. The van der Waals surface area contributed by atoms with E-state index in [0.717, 1.165) is 50.3 Å². The average molecular weight is 372 g/mol. The zero-order valence-corrected chi connectivity index (χ0v) is 16.1. The fourth-order valence-corrected chi connectivity index (χ4v) is 7.18. The molecule has 3 aliphatic carbocycles. The highest BCUT2D eigenvalue weighted by Gasteiger charge is 2.74. The minimum atomic E-state index is -0.724. The van der Waals surface area contributed by atoms with Crippen LogP contribution in [0.1, 0.15) is 50.2 Å². The van der Waals surface area contributed by atoms with E-state index in [2.05, 4.69) is 18.3 Å². The predicted molar refractivity (Wildman–Crippen MR) is 101 cm³/mol. The van der Waals surface area contributed by atoms with Gasteiger partial charge in [-0.05, 0) is 43.9 Å². The molecular formula is C22H31N2O3+. The van der Waals surface area contributed by atoms with Crippen molar-refractivity contribution in [1.82, 2.24) is 5.32 Å². The maximum absolute atomic E-state index is 12.3. The summed E-state index contributed by atoms with van der Waals surface area (Å²) in [6, 6.07) is 4.37. The topological polar surface area (TPSA) is 66.2 Å². The van der Waals surface area contributed by atoms with Crippen LogP contribution in [0, 0.1) is 5.92 Å². The van der Waals surface area contributed by atoms with Gasteiger partial charge >= 0.3 is 0 Å². The number of phenols is 1. The predicted octanol–water partition coefficient (Wildman–Crippen LogP) is 0.517. The Hall–Kier alpha value is -1.30. The van der Waals surface area contributed by atoms with Crippen molar-refractivity contribution in [1.29, 1.82) is 0 Å². The van der Waals surface area contributed by atoms with E-state index in [9.17, 15) is 10.2 Å². The lowest BCUT2D eigenvalue weighted by atomic mass is 9.48. The first kappa shape index (κ1) is 16.6. The van der Waals surface area contributed by atoms with Gasteiger partial charge in [-0.25, -0.2) is 0 Å². The van der Waals surface area contributed by atoms with Crippen LogP contribution in [-0.2, 0) is 11.8 Å². The maximum Gasteiger partial charge on any atom is 0.165 e. The van der Waals surface area contributed by atoms with Crippen molar-refractivity contribution in [3.63, 3.8) is 0 Å². The SMILES string of the molecule is CCN[C@@H]1CC[C@@]2(O)[C@H]3Cc4ccc(O)c5c4[C@@]2(CC[NH+]3CC2CC2)[C@H]1O5. The first-order chi connectivity index (χ1) is 13.1. The molecule has 1 aromatic carbocycles. The lowest BCUT2D eigenvalue weighted by Gasteiger charge is -2.62. The Morgan fingerprint density at radius 1 is 1.26 bits per heavy atom. The summed E-state index contributed by atoms with van der Waals surface area (Å²) in [7, 11) is 0. The van der Waals surface area contributed by atoms with Crippen molar-refractivity contribution in [2.75, 3.05) is 19.6 Å². The molecule has 0 aromatic heterocycles. The Labute approximate surface area is 160 Å². The van der Waals surface area contributed by atoms with Gasteiger partial charge in [-0.15, -0.1) is 0 Å². The van der Waals surface area contributed by atoms with Gasteiger partial charge in [0, 0.05) is 30.4 Å². The molecule has 146 valence electrons. The average Bonchev–Trinajstić information content (AvgIpc) is 3.39. The number of likely N-dealkylation sites (N-methyl/N-ethyl adjacent to an activating group) is 1. The van der Waals surface area contributed by atoms with Crippen LogP contribution in [-0.4, -0.2) is 53.6 Å². The number of benzene rings is 1. The highest BCUT2D eigenvalue weighted by molar-refractivity contribution is 5.62.